The van der Waals surface area contributed by atoms with E-state index in [0.717, 1.165) is 22.7 Å². The summed E-state index contributed by atoms with van der Waals surface area (Å²) in [5, 5.41) is 3.98. The third-order valence-electron chi connectivity index (χ3n) is 4.47. The van der Waals surface area contributed by atoms with Gasteiger partial charge in [-0.2, -0.15) is 0 Å². The van der Waals surface area contributed by atoms with Gasteiger partial charge in [0.05, 0.1) is 6.04 Å². The van der Waals surface area contributed by atoms with Crippen LogP contribution in [0.4, 0.5) is 0 Å². The van der Waals surface area contributed by atoms with E-state index in [2.05, 4.69) is 5.32 Å². The van der Waals surface area contributed by atoms with E-state index in [1.165, 1.54) is 11.3 Å². The average molecular weight is 402 g/mol. The molecule has 8 heteroatoms. The van der Waals surface area contributed by atoms with Crippen molar-refractivity contribution in [3.8, 4) is 0 Å². The third-order valence-corrected chi connectivity index (χ3v) is 5.70. The molecule has 136 valence electrons. The highest BCUT2D eigenvalue weighted by Crippen LogP contribution is 2.25. The topological polar surface area (TPSA) is 54.3 Å². The molecule has 1 aliphatic rings. The average Bonchev–Trinajstić information content (AvgIpc) is 2.81. The Hall–Kier alpha value is -1.34. The minimum atomic E-state index is -0.0761. The molecule has 1 unspecified atom stereocenters. The first-order valence-corrected chi connectivity index (χ1v) is 9.09. The number of amides is 1. The first kappa shape index (κ1) is 20.0. The van der Waals surface area contributed by atoms with Crippen LogP contribution in [0.15, 0.2) is 29.1 Å². The lowest BCUT2D eigenvalue weighted by atomic mass is 10.0. The molecule has 1 amide bonds. The van der Waals surface area contributed by atoms with E-state index in [1.807, 2.05) is 43.0 Å². The fraction of sp³-hybridized carbons (Fsp3) is 0.412. The van der Waals surface area contributed by atoms with Crippen molar-refractivity contribution in [3.05, 3.63) is 55.1 Å². The summed E-state index contributed by atoms with van der Waals surface area (Å²) in [4.78, 5) is 27.6. The SMILES string of the molecule is Cc1sc(=O)n(CC(=O)N2CCNCC2c2cccc(Cl)c2)c1C.Cl. The third kappa shape index (κ3) is 4.26. The number of benzene rings is 1. The van der Waals surface area contributed by atoms with Crippen LogP contribution in [0.1, 0.15) is 22.2 Å². The zero-order valence-electron chi connectivity index (χ0n) is 14.1. The van der Waals surface area contributed by atoms with Crippen LogP contribution in [-0.2, 0) is 11.3 Å². The molecule has 2 aromatic rings. The second kappa shape index (κ2) is 8.36. The van der Waals surface area contributed by atoms with Gasteiger partial charge in [-0.1, -0.05) is 35.1 Å². The molecule has 1 aromatic heterocycles. The smallest absolute Gasteiger partial charge is 0.308 e. The van der Waals surface area contributed by atoms with Gasteiger partial charge in [0.15, 0.2) is 0 Å². The fourth-order valence-corrected chi connectivity index (χ4v) is 4.04. The molecule has 0 radical (unpaired) electrons. The largest absolute Gasteiger partial charge is 0.332 e. The van der Waals surface area contributed by atoms with Crippen molar-refractivity contribution in [2.45, 2.75) is 26.4 Å². The Balaban J connectivity index is 0.00000225. The normalized spacial score (nSPS) is 17.2. The van der Waals surface area contributed by atoms with Crippen LogP contribution in [0.5, 0.6) is 0 Å². The van der Waals surface area contributed by atoms with Crippen molar-refractivity contribution in [3.63, 3.8) is 0 Å². The number of hydrogen-bond acceptors (Lipinski definition) is 4. The van der Waals surface area contributed by atoms with E-state index in [1.54, 1.807) is 4.57 Å². The molecule has 1 N–H and O–H groups in total. The fourth-order valence-electron chi connectivity index (χ4n) is 3.01. The number of nitrogens with zero attached hydrogens (tertiary/aromatic N) is 2. The van der Waals surface area contributed by atoms with Gasteiger partial charge < -0.3 is 10.2 Å². The Morgan fingerprint density at radius 2 is 2.16 bits per heavy atom. The van der Waals surface area contributed by atoms with Crippen LogP contribution >= 0.6 is 35.3 Å². The first-order chi connectivity index (χ1) is 11.5. The van der Waals surface area contributed by atoms with Gasteiger partial charge in [-0.05, 0) is 31.5 Å². The first-order valence-electron chi connectivity index (χ1n) is 7.90. The Morgan fingerprint density at radius 3 is 2.80 bits per heavy atom. The number of aromatic nitrogens is 1. The minimum Gasteiger partial charge on any atom is -0.332 e. The number of aryl methyl sites for hydroxylation is 1. The molecule has 25 heavy (non-hydrogen) atoms. The van der Waals surface area contributed by atoms with Gasteiger partial charge >= 0.3 is 4.87 Å². The highest BCUT2D eigenvalue weighted by atomic mass is 35.5. The number of hydrogen-bond donors (Lipinski definition) is 1. The quantitative estimate of drug-likeness (QED) is 0.859. The number of halogens is 2. The van der Waals surface area contributed by atoms with Gasteiger partial charge in [-0.3, -0.25) is 14.2 Å². The Bertz CT molecular complexity index is 818. The van der Waals surface area contributed by atoms with Crippen LogP contribution in [0.25, 0.3) is 0 Å². The number of thiazole rings is 1. The molecule has 1 saturated heterocycles. The zero-order valence-corrected chi connectivity index (χ0v) is 16.5. The van der Waals surface area contributed by atoms with Crippen molar-refractivity contribution < 1.29 is 4.79 Å². The lowest BCUT2D eigenvalue weighted by Gasteiger charge is -2.36. The highest BCUT2D eigenvalue weighted by molar-refractivity contribution is 7.09. The van der Waals surface area contributed by atoms with Crippen LogP contribution in [0.3, 0.4) is 0 Å². The van der Waals surface area contributed by atoms with Gasteiger partial charge in [-0.25, -0.2) is 0 Å². The molecular weight excluding hydrogens is 381 g/mol. The highest BCUT2D eigenvalue weighted by Gasteiger charge is 2.28. The summed E-state index contributed by atoms with van der Waals surface area (Å²) in [5.74, 6) is -0.0375. The monoisotopic (exact) mass is 401 g/mol. The standard InChI is InChI=1S/C17H20ClN3O2S.ClH/c1-11-12(2)24-17(23)21(11)10-16(22)20-7-6-19-9-15(20)13-4-3-5-14(18)8-13;/h3-5,8,15,19H,6-7,9-10H2,1-2H3;1H. The molecule has 2 heterocycles. The number of piperazine rings is 1. The molecule has 5 nitrogen and oxygen atoms in total. The van der Waals surface area contributed by atoms with Crippen molar-refractivity contribution in [1.82, 2.24) is 14.8 Å². The number of rotatable bonds is 3. The van der Waals surface area contributed by atoms with E-state index < -0.39 is 0 Å². The van der Waals surface area contributed by atoms with Crippen molar-refractivity contribution in [2.24, 2.45) is 0 Å². The van der Waals surface area contributed by atoms with Gasteiger partial charge in [-0.15, -0.1) is 12.4 Å². The Labute approximate surface area is 162 Å². The predicted molar refractivity (Wildman–Crippen MR) is 104 cm³/mol. The second-order valence-corrected chi connectivity index (χ2v) is 7.56. The lowest BCUT2D eigenvalue weighted by molar-refractivity contribution is -0.135. The zero-order chi connectivity index (χ0) is 17.3. The van der Waals surface area contributed by atoms with Gasteiger partial charge in [0.25, 0.3) is 0 Å². The molecule has 3 rings (SSSR count). The van der Waals surface area contributed by atoms with E-state index in [4.69, 9.17) is 11.6 Å². The van der Waals surface area contributed by atoms with Crippen molar-refractivity contribution >= 4 is 41.3 Å². The molecule has 1 fully saturated rings. The summed E-state index contributed by atoms with van der Waals surface area (Å²) in [6, 6.07) is 7.53. The van der Waals surface area contributed by atoms with Crippen LogP contribution < -0.4 is 10.2 Å². The summed E-state index contributed by atoms with van der Waals surface area (Å²) in [7, 11) is 0. The Kier molecular flexibility index (Phi) is 6.68. The van der Waals surface area contributed by atoms with Crippen molar-refractivity contribution in [1.29, 1.82) is 0 Å². The van der Waals surface area contributed by atoms with Gasteiger partial charge in [0.1, 0.15) is 6.54 Å². The van der Waals surface area contributed by atoms with E-state index in [9.17, 15) is 9.59 Å². The molecule has 0 bridgehead atoms. The molecule has 1 aliphatic heterocycles. The molecular formula is C17H21Cl2N3O2S. The summed E-state index contributed by atoms with van der Waals surface area (Å²) in [6.45, 7) is 5.93. The summed E-state index contributed by atoms with van der Waals surface area (Å²) in [5.41, 5.74) is 1.88. The van der Waals surface area contributed by atoms with Crippen molar-refractivity contribution in [2.75, 3.05) is 19.6 Å². The van der Waals surface area contributed by atoms with Crippen LogP contribution in [-0.4, -0.2) is 35.0 Å². The van der Waals surface area contributed by atoms with Crippen LogP contribution in [0, 0.1) is 13.8 Å². The van der Waals surface area contributed by atoms with E-state index in [-0.39, 0.29) is 35.8 Å². The molecule has 0 saturated carbocycles. The van der Waals surface area contributed by atoms with E-state index in [0.29, 0.717) is 18.1 Å². The molecule has 0 aliphatic carbocycles. The summed E-state index contributed by atoms with van der Waals surface area (Å²) < 4.78 is 1.57. The van der Waals surface area contributed by atoms with Gasteiger partial charge in [0.2, 0.25) is 5.91 Å². The maximum atomic E-state index is 12.9. The maximum absolute atomic E-state index is 12.9. The molecule has 1 atom stereocenters. The molecule has 1 aromatic carbocycles. The van der Waals surface area contributed by atoms with Gasteiger partial charge in [0, 0.05) is 35.2 Å². The maximum Gasteiger partial charge on any atom is 0.308 e. The lowest BCUT2D eigenvalue weighted by Crippen LogP contribution is -2.50. The second-order valence-electron chi connectivity index (χ2n) is 5.96. The predicted octanol–water partition coefficient (Wildman–Crippen LogP) is 2.77. The summed E-state index contributed by atoms with van der Waals surface area (Å²) in [6.07, 6.45) is 0. The van der Waals surface area contributed by atoms with Crippen LogP contribution in [0.2, 0.25) is 5.02 Å². The number of carbonyl (C=O) groups is 1. The Morgan fingerprint density at radius 1 is 1.40 bits per heavy atom. The minimum absolute atomic E-state index is 0. The number of nitrogens with one attached hydrogen (secondary N) is 1. The number of carbonyl (C=O) groups excluding carboxylic acids is 1. The van der Waals surface area contributed by atoms with E-state index >= 15 is 0 Å². The summed E-state index contributed by atoms with van der Waals surface area (Å²) >= 11 is 7.29. The molecule has 0 spiro atoms.